The first kappa shape index (κ1) is 12.4. The number of epoxide rings is 1. The monoisotopic (exact) mass is 250 g/mol. The number of hydrogen-bond donors (Lipinski definition) is 2. The predicted octanol–water partition coefficient (Wildman–Crippen LogP) is 1.80. The van der Waals surface area contributed by atoms with Crippen LogP contribution < -0.4 is 0 Å². The van der Waals surface area contributed by atoms with Gasteiger partial charge in [0.25, 0.3) is 0 Å². The average molecular weight is 250 g/mol. The lowest BCUT2D eigenvalue weighted by Gasteiger charge is -2.47. The standard InChI is InChI=1S/C15H22O3/c1-8(2)15-12(17)7-10-5-6-11(16)9(3)14(10,4)13(15)18-15/h7,9,11-13,16-17H,1,5-6H2,2-4H3. The minimum absolute atomic E-state index is 0.0394. The quantitative estimate of drug-likeness (QED) is 0.551. The van der Waals surface area contributed by atoms with Crippen LogP contribution in [-0.4, -0.2) is 34.1 Å². The predicted molar refractivity (Wildman–Crippen MR) is 69.0 cm³/mol. The third kappa shape index (κ3) is 1.20. The van der Waals surface area contributed by atoms with Gasteiger partial charge in [-0.1, -0.05) is 32.1 Å². The first-order valence-corrected chi connectivity index (χ1v) is 6.76. The first-order chi connectivity index (χ1) is 8.35. The lowest BCUT2D eigenvalue weighted by molar-refractivity contribution is 0.00744. The van der Waals surface area contributed by atoms with E-state index in [-0.39, 0.29) is 23.5 Å². The Morgan fingerprint density at radius 2 is 2.17 bits per heavy atom. The zero-order chi connectivity index (χ0) is 13.3. The topological polar surface area (TPSA) is 53.0 Å². The Balaban J connectivity index is 2.07. The van der Waals surface area contributed by atoms with E-state index in [9.17, 15) is 10.2 Å². The van der Waals surface area contributed by atoms with Crippen molar-refractivity contribution in [3.63, 3.8) is 0 Å². The molecule has 3 aliphatic rings. The van der Waals surface area contributed by atoms with E-state index >= 15 is 0 Å². The highest BCUT2D eigenvalue weighted by Gasteiger charge is 2.72. The summed E-state index contributed by atoms with van der Waals surface area (Å²) in [7, 11) is 0. The number of hydrogen-bond acceptors (Lipinski definition) is 3. The zero-order valence-corrected chi connectivity index (χ0v) is 11.3. The zero-order valence-electron chi connectivity index (χ0n) is 11.3. The van der Waals surface area contributed by atoms with Crippen molar-refractivity contribution < 1.29 is 14.9 Å². The Morgan fingerprint density at radius 1 is 1.50 bits per heavy atom. The van der Waals surface area contributed by atoms with Gasteiger partial charge in [0, 0.05) is 5.41 Å². The summed E-state index contributed by atoms with van der Waals surface area (Å²) in [4.78, 5) is 0. The van der Waals surface area contributed by atoms with Gasteiger partial charge in [-0.2, -0.15) is 0 Å². The van der Waals surface area contributed by atoms with Crippen molar-refractivity contribution in [2.24, 2.45) is 11.3 Å². The van der Waals surface area contributed by atoms with E-state index in [0.717, 1.165) is 18.4 Å². The minimum Gasteiger partial charge on any atom is -0.393 e. The van der Waals surface area contributed by atoms with E-state index in [1.165, 1.54) is 5.57 Å². The van der Waals surface area contributed by atoms with E-state index in [2.05, 4.69) is 20.4 Å². The largest absolute Gasteiger partial charge is 0.393 e. The lowest BCUT2D eigenvalue weighted by atomic mass is 9.56. The van der Waals surface area contributed by atoms with Crippen LogP contribution >= 0.6 is 0 Å². The van der Waals surface area contributed by atoms with Gasteiger partial charge < -0.3 is 14.9 Å². The fourth-order valence-corrected chi connectivity index (χ4v) is 4.03. The van der Waals surface area contributed by atoms with Gasteiger partial charge in [0.2, 0.25) is 0 Å². The van der Waals surface area contributed by atoms with E-state index < -0.39 is 11.7 Å². The molecule has 0 aromatic heterocycles. The number of aliphatic hydroxyl groups is 2. The lowest BCUT2D eigenvalue weighted by Crippen LogP contribution is -2.51. The second kappa shape index (κ2) is 3.47. The molecule has 2 fully saturated rings. The Kier molecular flexibility index (Phi) is 2.39. The van der Waals surface area contributed by atoms with Gasteiger partial charge in [-0.3, -0.25) is 0 Å². The summed E-state index contributed by atoms with van der Waals surface area (Å²) >= 11 is 0. The third-order valence-electron chi connectivity index (χ3n) is 5.58. The van der Waals surface area contributed by atoms with Crippen LogP contribution in [0.25, 0.3) is 0 Å². The maximum absolute atomic E-state index is 10.3. The molecule has 0 aromatic carbocycles. The van der Waals surface area contributed by atoms with Gasteiger partial charge in [-0.25, -0.2) is 0 Å². The average Bonchev–Trinajstić information content (AvgIpc) is 3.06. The molecule has 3 heteroatoms. The molecule has 0 amide bonds. The summed E-state index contributed by atoms with van der Waals surface area (Å²) in [6, 6.07) is 0. The summed E-state index contributed by atoms with van der Waals surface area (Å²) < 4.78 is 5.92. The molecule has 100 valence electrons. The van der Waals surface area contributed by atoms with Crippen LogP contribution in [0.3, 0.4) is 0 Å². The molecule has 2 aliphatic carbocycles. The van der Waals surface area contributed by atoms with Crippen LogP contribution in [0, 0.1) is 11.3 Å². The number of ether oxygens (including phenoxy) is 1. The van der Waals surface area contributed by atoms with Crippen LogP contribution in [0.2, 0.25) is 0 Å². The Morgan fingerprint density at radius 3 is 2.78 bits per heavy atom. The Bertz CT molecular complexity index is 441. The third-order valence-corrected chi connectivity index (χ3v) is 5.58. The van der Waals surface area contributed by atoms with Gasteiger partial charge >= 0.3 is 0 Å². The van der Waals surface area contributed by atoms with Gasteiger partial charge in [0.15, 0.2) is 0 Å². The summed E-state index contributed by atoms with van der Waals surface area (Å²) in [5, 5.41) is 20.5. The Hall–Kier alpha value is -0.640. The van der Waals surface area contributed by atoms with Crippen molar-refractivity contribution in [1.82, 2.24) is 0 Å². The van der Waals surface area contributed by atoms with Gasteiger partial charge in [-0.15, -0.1) is 0 Å². The fraction of sp³-hybridized carbons (Fsp3) is 0.733. The fourth-order valence-electron chi connectivity index (χ4n) is 4.03. The second-order valence-corrected chi connectivity index (χ2v) is 6.39. The van der Waals surface area contributed by atoms with Crippen LogP contribution in [-0.2, 0) is 4.74 Å². The molecular weight excluding hydrogens is 228 g/mol. The molecule has 1 saturated carbocycles. The van der Waals surface area contributed by atoms with Crippen LogP contribution in [0.1, 0.15) is 33.6 Å². The molecule has 18 heavy (non-hydrogen) atoms. The van der Waals surface area contributed by atoms with E-state index in [0.29, 0.717) is 0 Å². The summed E-state index contributed by atoms with van der Waals surface area (Å²) in [5.74, 6) is 0.149. The van der Waals surface area contributed by atoms with Crippen molar-refractivity contribution in [2.45, 2.75) is 57.5 Å². The molecule has 6 atom stereocenters. The van der Waals surface area contributed by atoms with Gasteiger partial charge in [-0.05, 0) is 31.3 Å². The van der Waals surface area contributed by atoms with E-state index in [4.69, 9.17) is 4.74 Å². The summed E-state index contributed by atoms with van der Waals surface area (Å²) in [5.41, 5.74) is 1.34. The van der Waals surface area contributed by atoms with Gasteiger partial charge in [0.05, 0.1) is 6.10 Å². The number of aliphatic hydroxyl groups excluding tert-OH is 2. The molecule has 0 spiro atoms. The first-order valence-electron chi connectivity index (χ1n) is 6.76. The molecular formula is C15H22O3. The molecule has 2 N–H and O–H groups in total. The molecule has 0 radical (unpaired) electrons. The van der Waals surface area contributed by atoms with Crippen molar-refractivity contribution in [3.05, 3.63) is 23.8 Å². The van der Waals surface area contributed by atoms with Crippen molar-refractivity contribution in [3.8, 4) is 0 Å². The van der Waals surface area contributed by atoms with E-state index in [1.54, 1.807) is 0 Å². The number of fused-ring (bicyclic) bond motifs is 3. The summed E-state index contributed by atoms with van der Waals surface area (Å²) in [6.45, 7) is 10.1. The summed E-state index contributed by atoms with van der Waals surface area (Å²) in [6.07, 6.45) is 2.66. The molecule has 0 bridgehead atoms. The highest BCUT2D eigenvalue weighted by molar-refractivity contribution is 5.43. The SMILES string of the molecule is C=C(C)C12OC1C1(C)C(=CC2O)CCC(O)C1C. The van der Waals surface area contributed by atoms with Crippen LogP contribution in [0.15, 0.2) is 23.8 Å². The Labute approximate surface area is 108 Å². The highest BCUT2D eigenvalue weighted by atomic mass is 16.6. The maximum Gasteiger partial charge on any atom is 0.145 e. The van der Waals surface area contributed by atoms with Crippen LogP contribution in [0.4, 0.5) is 0 Å². The normalized spacial score (nSPS) is 54.2. The minimum atomic E-state index is -0.608. The molecule has 3 rings (SSSR count). The molecule has 3 nitrogen and oxygen atoms in total. The smallest absolute Gasteiger partial charge is 0.145 e. The molecule has 1 saturated heterocycles. The molecule has 1 heterocycles. The second-order valence-electron chi connectivity index (χ2n) is 6.39. The molecule has 1 aliphatic heterocycles. The molecule has 0 aromatic rings. The molecule has 6 unspecified atom stereocenters. The maximum atomic E-state index is 10.3. The number of rotatable bonds is 1. The van der Waals surface area contributed by atoms with E-state index in [1.807, 2.05) is 13.0 Å². The van der Waals surface area contributed by atoms with Crippen molar-refractivity contribution in [1.29, 1.82) is 0 Å². The van der Waals surface area contributed by atoms with Crippen molar-refractivity contribution >= 4 is 0 Å². The van der Waals surface area contributed by atoms with Crippen molar-refractivity contribution in [2.75, 3.05) is 0 Å². The van der Waals surface area contributed by atoms with Gasteiger partial charge in [0.1, 0.15) is 17.8 Å². The van der Waals surface area contributed by atoms with Crippen LogP contribution in [0.5, 0.6) is 0 Å². The highest BCUT2D eigenvalue weighted by Crippen LogP contribution is 2.64.